The lowest BCUT2D eigenvalue weighted by Crippen LogP contribution is -2.18. The third kappa shape index (κ3) is 4.46. The fraction of sp³-hybridized carbons (Fsp3) is 0.172. The number of rotatable bonds is 7. The Bertz CT molecular complexity index is 1730. The Morgan fingerprint density at radius 1 is 1.08 bits per heavy atom. The van der Waals surface area contributed by atoms with Crippen LogP contribution >= 0.6 is 11.3 Å². The van der Waals surface area contributed by atoms with Crippen LogP contribution in [0.5, 0.6) is 0 Å². The van der Waals surface area contributed by atoms with E-state index in [9.17, 15) is 18.4 Å². The van der Waals surface area contributed by atoms with Gasteiger partial charge in [0.25, 0.3) is 18.2 Å². The van der Waals surface area contributed by atoms with Gasteiger partial charge in [-0.25, -0.2) is 18.4 Å². The molecule has 0 radical (unpaired) electrons. The Labute approximate surface area is 226 Å². The molecule has 0 atom stereocenters. The molecule has 1 aliphatic rings. The summed E-state index contributed by atoms with van der Waals surface area (Å²) < 4.78 is 28.9. The highest BCUT2D eigenvalue weighted by Crippen LogP contribution is 2.48. The Hall–Kier alpha value is -4.44. The molecule has 3 heterocycles. The summed E-state index contributed by atoms with van der Waals surface area (Å²) in [5, 5.41) is 8.18. The third-order valence-corrected chi connectivity index (χ3v) is 7.91. The number of amides is 2. The first kappa shape index (κ1) is 24.9. The summed E-state index contributed by atoms with van der Waals surface area (Å²) in [6.07, 6.45) is -1.10. The maximum atomic E-state index is 14.0. The van der Waals surface area contributed by atoms with Gasteiger partial charge in [0.05, 0.1) is 22.6 Å². The molecule has 0 bridgehead atoms. The molecule has 0 saturated heterocycles. The third-order valence-electron chi connectivity index (χ3n) is 6.81. The molecule has 3 aromatic heterocycles. The summed E-state index contributed by atoms with van der Waals surface area (Å²) in [5.41, 5.74) is 9.10. The monoisotopic (exact) mass is 543 g/mol. The summed E-state index contributed by atoms with van der Waals surface area (Å²) in [7, 11) is 0. The Morgan fingerprint density at radius 2 is 1.74 bits per heavy atom. The molecule has 39 heavy (non-hydrogen) atoms. The minimum atomic E-state index is -2.76. The standard InChI is InChI=1S/C29H23F2N5O2S/c1-15-21(23(17-8-4-2-5-9-17)35-36(15)18-10-6-3-7-11-18)28(38)34-24-22-19(16-12-13-16)14-20(26(30)31)33-29(22)39-25(24)27(32)37/h2-11,14,16,26H,12-13H2,1H3,(H2,32,37)(H,34,38). The first-order valence-corrected chi connectivity index (χ1v) is 13.2. The number of aromatic nitrogens is 3. The minimum Gasteiger partial charge on any atom is -0.365 e. The number of primary amides is 1. The summed E-state index contributed by atoms with van der Waals surface area (Å²) >= 11 is 0.912. The van der Waals surface area contributed by atoms with E-state index < -0.39 is 18.2 Å². The van der Waals surface area contributed by atoms with Crippen molar-refractivity contribution in [2.75, 3.05) is 5.32 Å². The lowest BCUT2D eigenvalue weighted by atomic mass is 10.0. The quantitative estimate of drug-likeness (QED) is 0.241. The van der Waals surface area contributed by atoms with E-state index >= 15 is 0 Å². The molecule has 10 heteroatoms. The van der Waals surface area contributed by atoms with Crippen LogP contribution in [0.25, 0.3) is 27.2 Å². The zero-order valence-corrected chi connectivity index (χ0v) is 21.6. The molecule has 0 aliphatic heterocycles. The van der Waals surface area contributed by atoms with Crippen molar-refractivity contribution in [3.63, 3.8) is 0 Å². The highest BCUT2D eigenvalue weighted by atomic mass is 32.1. The molecule has 6 rings (SSSR count). The van der Waals surface area contributed by atoms with Crippen molar-refractivity contribution >= 4 is 39.1 Å². The molecule has 1 fully saturated rings. The number of hydrogen-bond donors (Lipinski definition) is 2. The lowest BCUT2D eigenvalue weighted by molar-refractivity contribution is 0.100. The van der Waals surface area contributed by atoms with Crippen LogP contribution in [0.3, 0.4) is 0 Å². The van der Waals surface area contributed by atoms with E-state index in [0.717, 1.165) is 35.4 Å². The fourth-order valence-corrected chi connectivity index (χ4v) is 5.86. The Morgan fingerprint density at radius 3 is 2.36 bits per heavy atom. The SMILES string of the molecule is Cc1c(C(=O)Nc2c(C(N)=O)sc3nc(C(F)F)cc(C4CC4)c23)c(-c2ccccc2)nn1-c1ccccc1. The summed E-state index contributed by atoms with van der Waals surface area (Å²) in [6.45, 7) is 1.80. The largest absolute Gasteiger partial charge is 0.365 e. The molecule has 196 valence electrons. The van der Waals surface area contributed by atoms with Crippen LogP contribution in [0.15, 0.2) is 66.7 Å². The first-order valence-electron chi connectivity index (χ1n) is 12.4. The molecule has 0 spiro atoms. The van der Waals surface area contributed by atoms with Crippen molar-refractivity contribution < 1.29 is 18.4 Å². The number of alkyl halides is 2. The van der Waals surface area contributed by atoms with E-state index in [0.29, 0.717) is 27.9 Å². The second-order valence-electron chi connectivity index (χ2n) is 9.44. The van der Waals surface area contributed by atoms with Crippen molar-refractivity contribution in [1.29, 1.82) is 0 Å². The van der Waals surface area contributed by atoms with Crippen molar-refractivity contribution in [3.05, 3.63) is 94.1 Å². The molecule has 2 aromatic carbocycles. The van der Waals surface area contributed by atoms with Crippen LogP contribution in [0.1, 0.15) is 62.2 Å². The highest BCUT2D eigenvalue weighted by Gasteiger charge is 2.33. The van der Waals surface area contributed by atoms with E-state index in [-0.39, 0.29) is 27.0 Å². The molecular weight excluding hydrogens is 520 g/mol. The number of fused-ring (bicyclic) bond motifs is 1. The van der Waals surface area contributed by atoms with Crippen molar-refractivity contribution in [1.82, 2.24) is 14.8 Å². The molecule has 2 amide bonds. The van der Waals surface area contributed by atoms with Gasteiger partial charge in [-0.05, 0) is 49.4 Å². The van der Waals surface area contributed by atoms with Gasteiger partial charge in [-0.15, -0.1) is 11.3 Å². The van der Waals surface area contributed by atoms with Crippen molar-refractivity contribution in [2.45, 2.75) is 32.1 Å². The number of halogens is 2. The molecule has 1 saturated carbocycles. The number of anilines is 1. The van der Waals surface area contributed by atoms with E-state index in [1.807, 2.05) is 60.7 Å². The van der Waals surface area contributed by atoms with Crippen LogP contribution < -0.4 is 11.1 Å². The predicted molar refractivity (Wildman–Crippen MR) is 147 cm³/mol. The van der Waals surface area contributed by atoms with Crippen molar-refractivity contribution in [3.8, 4) is 16.9 Å². The summed E-state index contributed by atoms with van der Waals surface area (Å²) in [5.74, 6) is -1.20. The molecule has 1 aliphatic carbocycles. The topological polar surface area (TPSA) is 103 Å². The van der Waals surface area contributed by atoms with E-state index in [4.69, 9.17) is 10.8 Å². The van der Waals surface area contributed by atoms with Gasteiger partial charge >= 0.3 is 0 Å². The van der Waals surface area contributed by atoms with Gasteiger partial charge in [0.2, 0.25) is 0 Å². The highest BCUT2D eigenvalue weighted by molar-refractivity contribution is 7.21. The van der Waals surface area contributed by atoms with Gasteiger partial charge < -0.3 is 11.1 Å². The van der Waals surface area contributed by atoms with Crippen LogP contribution in [0.4, 0.5) is 14.5 Å². The molecule has 7 nitrogen and oxygen atoms in total. The number of benzene rings is 2. The average Bonchev–Trinajstić information content (AvgIpc) is 3.64. The molecule has 5 aromatic rings. The normalized spacial score (nSPS) is 13.2. The second-order valence-corrected chi connectivity index (χ2v) is 10.4. The Kier molecular flexibility index (Phi) is 6.19. The van der Waals surface area contributed by atoms with Gasteiger partial charge in [-0.3, -0.25) is 9.59 Å². The van der Waals surface area contributed by atoms with Crippen LogP contribution in [0, 0.1) is 6.92 Å². The van der Waals surface area contributed by atoms with E-state index in [1.54, 1.807) is 11.6 Å². The predicted octanol–water partition coefficient (Wildman–Crippen LogP) is 6.62. The summed E-state index contributed by atoms with van der Waals surface area (Å²) in [6, 6.07) is 20.2. The number of nitrogens with one attached hydrogen (secondary N) is 1. The second kappa shape index (κ2) is 9.70. The minimum absolute atomic E-state index is 0.0569. The zero-order chi connectivity index (χ0) is 27.3. The maximum absolute atomic E-state index is 14.0. The van der Waals surface area contributed by atoms with E-state index in [1.165, 1.54) is 6.07 Å². The number of carbonyl (C=O) groups is 2. The number of carbonyl (C=O) groups excluding carboxylic acids is 2. The average molecular weight is 544 g/mol. The number of hydrogen-bond acceptors (Lipinski definition) is 5. The van der Waals surface area contributed by atoms with Gasteiger partial charge in [0.1, 0.15) is 21.1 Å². The van der Waals surface area contributed by atoms with Gasteiger partial charge in [-0.1, -0.05) is 48.5 Å². The number of nitrogens with zero attached hydrogens (tertiary/aromatic N) is 3. The lowest BCUT2D eigenvalue weighted by Gasteiger charge is -2.11. The summed E-state index contributed by atoms with van der Waals surface area (Å²) in [4.78, 5) is 30.9. The van der Waals surface area contributed by atoms with Gasteiger partial charge in [0, 0.05) is 10.9 Å². The maximum Gasteiger partial charge on any atom is 0.280 e. The molecular formula is C29H23F2N5O2S. The zero-order valence-electron chi connectivity index (χ0n) is 20.8. The first-order chi connectivity index (χ1) is 18.8. The van der Waals surface area contributed by atoms with Gasteiger partial charge in [-0.2, -0.15) is 5.10 Å². The fourth-order valence-electron chi connectivity index (χ4n) is 4.84. The molecule has 0 unspecified atom stereocenters. The van der Waals surface area contributed by atoms with E-state index in [2.05, 4.69) is 10.3 Å². The van der Waals surface area contributed by atoms with Crippen LogP contribution in [0.2, 0.25) is 0 Å². The number of nitrogens with two attached hydrogens (primary N) is 1. The Balaban J connectivity index is 1.52. The number of pyridine rings is 1. The van der Waals surface area contributed by atoms with Crippen LogP contribution in [-0.4, -0.2) is 26.6 Å². The molecule has 3 N–H and O–H groups in total. The van der Waals surface area contributed by atoms with Crippen molar-refractivity contribution in [2.24, 2.45) is 5.73 Å². The van der Waals surface area contributed by atoms with Gasteiger partial charge in [0.15, 0.2) is 0 Å². The number of para-hydroxylation sites is 1. The number of thiophene rings is 1. The smallest absolute Gasteiger partial charge is 0.280 e. The van der Waals surface area contributed by atoms with Crippen LogP contribution in [-0.2, 0) is 0 Å².